The topological polar surface area (TPSA) is 112 Å². The maximum Gasteiger partial charge on any atom is 0.337 e. The Balaban J connectivity index is 2.38. The first-order valence-corrected chi connectivity index (χ1v) is 5.71. The van der Waals surface area contributed by atoms with Crippen molar-refractivity contribution in [2.75, 3.05) is 7.11 Å². The number of carboxylic acid groups (broad SMARTS) is 1. The summed E-state index contributed by atoms with van der Waals surface area (Å²) in [5.74, 6) is -0.804. The smallest absolute Gasteiger partial charge is 0.337 e. The molecule has 1 N–H and O–H groups in total. The summed E-state index contributed by atoms with van der Waals surface area (Å²) < 4.78 is 10.3. The number of aromatic carboxylic acids is 1. The molecule has 108 valence electrons. The van der Waals surface area contributed by atoms with Gasteiger partial charge < -0.3 is 14.6 Å². The quantitative estimate of drug-likeness (QED) is 0.664. The summed E-state index contributed by atoms with van der Waals surface area (Å²) in [6.07, 6.45) is 0.991. The van der Waals surface area contributed by atoms with Crippen LogP contribution in [-0.4, -0.2) is 28.1 Å². The fourth-order valence-corrected chi connectivity index (χ4v) is 1.54. The number of aromatic nitrogens is 1. The van der Waals surface area contributed by atoms with Crippen LogP contribution in [0.5, 0.6) is 17.4 Å². The Hall–Kier alpha value is -3.16. The molecule has 0 atom stereocenters. The van der Waals surface area contributed by atoms with Crippen molar-refractivity contribution in [3.8, 4) is 17.4 Å². The molecule has 0 spiro atoms. The van der Waals surface area contributed by atoms with Crippen LogP contribution in [0.2, 0.25) is 0 Å². The molecule has 1 aromatic carbocycles. The third-order valence-electron chi connectivity index (χ3n) is 2.53. The Labute approximate surface area is 118 Å². The van der Waals surface area contributed by atoms with Crippen LogP contribution >= 0.6 is 0 Å². The van der Waals surface area contributed by atoms with Crippen LogP contribution in [0.25, 0.3) is 0 Å². The standard InChI is InChI=1S/C13H10N2O6/c1-20-9-3-2-4-10(6-9)21-12-11(15(18)19)5-8(7-14-12)13(16)17/h2-7H,1H3,(H,16,17). The molecule has 2 aromatic rings. The van der Waals surface area contributed by atoms with E-state index in [0.717, 1.165) is 12.3 Å². The summed E-state index contributed by atoms with van der Waals surface area (Å²) in [6.45, 7) is 0. The fourth-order valence-electron chi connectivity index (χ4n) is 1.54. The predicted molar refractivity (Wildman–Crippen MR) is 70.9 cm³/mol. The van der Waals surface area contributed by atoms with Crippen molar-refractivity contribution in [1.82, 2.24) is 4.98 Å². The van der Waals surface area contributed by atoms with Gasteiger partial charge in [0, 0.05) is 18.3 Å². The number of nitrogens with zero attached hydrogens (tertiary/aromatic N) is 2. The van der Waals surface area contributed by atoms with E-state index in [-0.39, 0.29) is 17.2 Å². The van der Waals surface area contributed by atoms with E-state index in [2.05, 4.69) is 4.98 Å². The van der Waals surface area contributed by atoms with Crippen molar-refractivity contribution in [2.24, 2.45) is 0 Å². The van der Waals surface area contributed by atoms with Crippen molar-refractivity contribution in [3.63, 3.8) is 0 Å². The molecule has 0 saturated carbocycles. The van der Waals surface area contributed by atoms with Gasteiger partial charge >= 0.3 is 11.7 Å². The molecule has 0 amide bonds. The van der Waals surface area contributed by atoms with E-state index >= 15 is 0 Å². The van der Waals surface area contributed by atoms with Crippen LogP contribution in [-0.2, 0) is 0 Å². The highest BCUT2D eigenvalue weighted by atomic mass is 16.6. The second-order valence-corrected chi connectivity index (χ2v) is 3.89. The lowest BCUT2D eigenvalue weighted by atomic mass is 10.2. The van der Waals surface area contributed by atoms with Gasteiger partial charge in [-0.15, -0.1) is 0 Å². The minimum absolute atomic E-state index is 0.285. The number of pyridine rings is 1. The molecular formula is C13H10N2O6. The number of carbonyl (C=O) groups is 1. The molecule has 8 heteroatoms. The summed E-state index contributed by atoms with van der Waals surface area (Å²) >= 11 is 0. The Kier molecular flexibility index (Phi) is 3.98. The van der Waals surface area contributed by atoms with E-state index in [1.807, 2.05) is 0 Å². The summed E-state index contributed by atoms with van der Waals surface area (Å²) in [6, 6.07) is 7.31. The van der Waals surface area contributed by atoms with Gasteiger partial charge in [-0.1, -0.05) is 6.07 Å². The van der Waals surface area contributed by atoms with Crippen molar-refractivity contribution in [2.45, 2.75) is 0 Å². The zero-order valence-corrected chi connectivity index (χ0v) is 10.8. The number of ether oxygens (including phenoxy) is 2. The van der Waals surface area contributed by atoms with Gasteiger partial charge in [0.15, 0.2) is 0 Å². The molecular weight excluding hydrogens is 280 g/mol. The molecule has 0 saturated heterocycles. The minimum atomic E-state index is -1.31. The van der Waals surface area contributed by atoms with Gasteiger partial charge in [0.25, 0.3) is 5.88 Å². The predicted octanol–water partition coefficient (Wildman–Crippen LogP) is 2.49. The third-order valence-corrected chi connectivity index (χ3v) is 2.53. The molecule has 0 radical (unpaired) electrons. The zero-order valence-electron chi connectivity index (χ0n) is 10.8. The second kappa shape index (κ2) is 5.87. The summed E-state index contributed by atoms with van der Waals surface area (Å²) in [7, 11) is 1.47. The van der Waals surface area contributed by atoms with E-state index in [9.17, 15) is 14.9 Å². The van der Waals surface area contributed by atoms with Gasteiger partial charge in [-0.25, -0.2) is 9.78 Å². The number of nitro groups is 1. The maximum absolute atomic E-state index is 11.0. The summed E-state index contributed by atoms with van der Waals surface area (Å²) in [4.78, 5) is 24.7. The van der Waals surface area contributed by atoms with E-state index in [1.54, 1.807) is 18.2 Å². The maximum atomic E-state index is 11.0. The lowest BCUT2D eigenvalue weighted by molar-refractivity contribution is -0.386. The van der Waals surface area contributed by atoms with Crippen LogP contribution in [0, 0.1) is 10.1 Å². The first kappa shape index (κ1) is 14.3. The number of methoxy groups -OCH3 is 1. The monoisotopic (exact) mass is 290 g/mol. The van der Waals surface area contributed by atoms with Gasteiger partial charge in [-0.3, -0.25) is 10.1 Å². The summed E-state index contributed by atoms with van der Waals surface area (Å²) in [5.41, 5.74) is -0.822. The van der Waals surface area contributed by atoms with Gasteiger partial charge in [0.1, 0.15) is 11.5 Å². The SMILES string of the molecule is COc1cccc(Oc2ncc(C(=O)O)cc2[N+](=O)[O-])c1. The van der Waals surface area contributed by atoms with Crippen molar-refractivity contribution in [1.29, 1.82) is 0 Å². The Morgan fingerprint density at radius 3 is 2.67 bits per heavy atom. The van der Waals surface area contributed by atoms with E-state index < -0.39 is 16.6 Å². The van der Waals surface area contributed by atoms with Crippen LogP contribution in [0.1, 0.15) is 10.4 Å². The number of hydrogen-bond acceptors (Lipinski definition) is 6. The summed E-state index contributed by atoms with van der Waals surface area (Å²) in [5, 5.41) is 19.8. The molecule has 0 bridgehead atoms. The largest absolute Gasteiger partial charge is 0.497 e. The van der Waals surface area contributed by atoms with Crippen LogP contribution < -0.4 is 9.47 Å². The van der Waals surface area contributed by atoms with Crippen molar-refractivity contribution >= 4 is 11.7 Å². The molecule has 8 nitrogen and oxygen atoms in total. The highest BCUT2D eigenvalue weighted by Crippen LogP contribution is 2.31. The van der Waals surface area contributed by atoms with Gasteiger partial charge in [0.2, 0.25) is 0 Å². The lowest BCUT2D eigenvalue weighted by Crippen LogP contribution is -2.02. The Morgan fingerprint density at radius 1 is 1.33 bits per heavy atom. The number of rotatable bonds is 5. The average Bonchev–Trinajstić information content (AvgIpc) is 2.47. The normalized spacial score (nSPS) is 9.95. The fraction of sp³-hybridized carbons (Fsp3) is 0.0769. The Bertz CT molecular complexity index is 701. The number of benzene rings is 1. The van der Waals surface area contributed by atoms with Gasteiger partial charge in [0.05, 0.1) is 17.6 Å². The van der Waals surface area contributed by atoms with Crippen LogP contribution in [0.4, 0.5) is 5.69 Å². The first-order chi connectivity index (χ1) is 10.0. The van der Waals surface area contributed by atoms with Gasteiger partial charge in [-0.05, 0) is 12.1 Å². The van der Waals surface area contributed by atoms with Crippen LogP contribution in [0.15, 0.2) is 36.5 Å². The average molecular weight is 290 g/mol. The molecule has 0 fully saturated rings. The lowest BCUT2D eigenvalue weighted by Gasteiger charge is -2.07. The highest BCUT2D eigenvalue weighted by molar-refractivity contribution is 5.88. The van der Waals surface area contributed by atoms with Crippen LogP contribution in [0.3, 0.4) is 0 Å². The molecule has 0 aliphatic heterocycles. The third kappa shape index (κ3) is 3.24. The van der Waals surface area contributed by atoms with E-state index in [4.69, 9.17) is 14.6 Å². The van der Waals surface area contributed by atoms with Gasteiger partial charge in [-0.2, -0.15) is 0 Å². The Morgan fingerprint density at radius 2 is 2.05 bits per heavy atom. The van der Waals surface area contributed by atoms with Crippen molar-refractivity contribution in [3.05, 3.63) is 52.2 Å². The van der Waals surface area contributed by atoms with Crippen molar-refractivity contribution < 1.29 is 24.3 Å². The highest BCUT2D eigenvalue weighted by Gasteiger charge is 2.21. The zero-order chi connectivity index (χ0) is 15.4. The van der Waals surface area contributed by atoms with E-state index in [0.29, 0.717) is 5.75 Å². The molecule has 1 aromatic heterocycles. The number of carboxylic acids is 1. The molecule has 0 aliphatic carbocycles. The minimum Gasteiger partial charge on any atom is -0.497 e. The molecule has 2 rings (SSSR count). The second-order valence-electron chi connectivity index (χ2n) is 3.89. The number of hydrogen-bond donors (Lipinski definition) is 1. The molecule has 21 heavy (non-hydrogen) atoms. The molecule has 1 heterocycles. The molecule has 0 unspecified atom stereocenters. The first-order valence-electron chi connectivity index (χ1n) is 5.71. The van der Waals surface area contributed by atoms with E-state index in [1.165, 1.54) is 13.2 Å². The molecule has 0 aliphatic rings.